The highest BCUT2D eigenvalue weighted by atomic mass is 32.1. The first kappa shape index (κ1) is 14.1. The van der Waals surface area contributed by atoms with E-state index in [1.807, 2.05) is 5.38 Å². The second kappa shape index (κ2) is 8.16. The number of hydrogen-bond acceptors (Lipinski definition) is 5. The number of aromatic nitrogens is 1. The number of thiazole rings is 1. The van der Waals surface area contributed by atoms with Gasteiger partial charge in [-0.1, -0.05) is 0 Å². The number of nitrogens with two attached hydrogens (primary N) is 1. The van der Waals surface area contributed by atoms with Gasteiger partial charge < -0.3 is 16.2 Å². The fourth-order valence-corrected chi connectivity index (χ4v) is 2.17. The number of nitrogens with one attached hydrogen (secondary N) is 1. The molecule has 6 heteroatoms. The van der Waals surface area contributed by atoms with E-state index in [0.29, 0.717) is 25.9 Å². The lowest BCUT2D eigenvalue weighted by molar-refractivity contribution is -0.120. The highest BCUT2D eigenvalue weighted by Crippen LogP contribution is 2.11. The van der Waals surface area contributed by atoms with Crippen molar-refractivity contribution in [2.45, 2.75) is 25.7 Å². The normalized spacial score (nSPS) is 10.5. The molecule has 0 atom stereocenters. The van der Waals surface area contributed by atoms with Gasteiger partial charge in [0.15, 0.2) is 0 Å². The molecule has 0 unspecified atom stereocenters. The van der Waals surface area contributed by atoms with Gasteiger partial charge in [0.2, 0.25) is 5.91 Å². The Labute approximate surface area is 105 Å². The minimum Gasteiger partial charge on any atom is -0.396 e. The highest BCUT2D eigenvalue weighted by molar-refractivity contribution is 7.09. The summed E-state index contributed by atoms with van der Waals surface area (Å²) in [6.07, 6.45) is 2.71. The summed E-state index contributed by atoms with van der Waals surface area (Å²) in [7, 11) is 0. The van der Waals surface area contributed by atoms with Crippen LogP contribution in [0.15, 0.2) is 5.38 Å². The van der Waals surface area contributed by atoms with Gasteiger partial charge in [-0.3, -0.25) is 4.79 Å². The number of aryl methyl sites for hydroxylation is 1. The number of nitrogens with zero attached hydrogens (tertiary/aromatic N) is 1. The summed E-state index contributed by atoms with van der Waals surface area (Å²) in [6, 6.07) is 0. The lowest BCUT2D eigenvalue weighted by Gasteiger charge is -2.01. The summed E-state index contributed by atoms with van der Waals surface area (Å²) in [5, 5.41) is 14.3. The molecule has 0 aromatic carbocycles. The molecule has 0 aliphatic heterocycles. The Morgan fingerprint density at radius 1 is 1.53 bits per heavy atom. The molecular weight excluding hydrogens is 238 g/mol. The average molecular weight is 257 g/mol. The van der Waals surface area contributed by atoms with Gasteiger partial charge in [-0.05, 0) is 19.4 Å². The number of amides is 1. The fourth-order valence-electron chi connectivity index (χ4n) is 1.33. The molecule has 1 amide bonds. The Kier molecular flexibility index (Phi) is 6.76. The first-order chi connectivity index (χ1) is 8.26. The molecule has 0 fully saturated rings. The Balaban J connectivity index is 2.30. The maximum atomic E-state index is 11.5. The lowest BCUT2D eigenvalue weighted by atomic mass is 10.3. The molecule has 1 rings (SSSR count). The predicted molar refractivity (Wildman–Crippen MR) is 67.9 cm³/mol. The second-order valence-corrected chi connectivity index (χ2v) is 4.67. The van der Waals surface area contributed by atoms with Crippen molar-refractivity contribution >= 4 is 17.2 Å². The number of hydrogen-bond donors (Lipinski definition) is 3. The molecule has 1 aromatic heterocycles. The molecule has 1 aromatic rings. The molecule has 1 heterocycles. The number of carbonyl (C=O) groups excluding carboxylic acids is 1. The minimum absolute atomic E-state index is 0.0471. The van der Waals surface area contributed by atoms with Crippen molar-refractivity contribution in [1.29, 1.82) is 0 Å². The van der Waals surface area contributed by atoms with Gasteiger partial charge in [0.05, 0.1) is 17.1 Å². The first-order valence-corrected chi connectivity index (χ1v) is 6.65. The third-order valence-electron chi connectivity index (χ3n) is 2.19. The summed E-state index contributed by atoms with van der Waals surface area (Å²) in [6.45, 7) is 1.27. The van der Waals surface area contributed by atoms with E-state index in [1.165, 1.54) is 0 Å². The van der Waals surface area contributed by atoms with Crippen molar-refractivity contribution in [2.24, 2.45) is 5.73 Å². The molecule has 0 aliphatic carbocycles. The van der Waals surface area contributed by atoms with Crippen LogP contribution in [-0.4, -0.2) is 35.7 Å². The molecule has 0 saturated carbocycles. The van der Waals surface area contributed by atoms with Gasteiger partial charge in [0, 0.05) is 25.0 Å². The van der Waals surface area contributed by atoms with E-state index in [9.17, 15) is 4.79 Å². The smallest absolute Gasteiger partial charge is 0.226 e. The van der Waals surface area contributed by atoms with Crippen LogP contribution < -0.4 is 11.1 Å². The van der Waals surface area contributed by atoms with Crippen molar-refractivity contribution in [3.63, 3.8) is 0 Å². The fraction of sp³-hybridized carbons (Fsp3) is 0.636. The first-order valence-electron chi connectivity index (χ1n) is 5.77. The number of aliphatic hydroxyl groups excluding tert-OH is 1. The molecule has 0 radical (unpaired) electrons. The van der Waals surface area contributed by atoms with Crippen molar-refractivity contribution < 1.29 is 9.90 Å². The topological polar surface area (TPSA) is 88.2 Å². The van der Waals surface area contributed by atoms with E-state index in [2.05, 4.69) is 10.3 Å². The van der Waals surface area contributed by atoms with Crippen LogP contribution in [0.3, 0.4) is 0 Å². The van der Waals surface area contributed by atoms with Crippen LogP contribution in [0.4, 0.5) is 0 Å². The zero-order chi connectivity index (χ0) is 12.5. The maximum absolute atomic E-state index is 11.5. The lowest BCUT2D eigenvalue weighted by Crippen LogP contribution is -2.26. The summed E-state index contributed by atoms with van der Waals surface area (Å²) in [5.74, 6) is -0.0471. The quantitative estimate of drug-likeness (QED) is 0.575. The van der Waals surface area contributed by atoms with Crippen LogP contribution >= 0.6 is 11.3 Å². The molecule has 4 N–H and O–H groups in total. The molecule has 5 nitrogen and oxygen atoms in total. The summed E-state index contributed by atoms with van der Waals surface area (Å²) in [4.78, 5) is 15.8. The van der Waals surface area contributed by atoms with Gasteiger partial charge in [0.1, 0.15) is 0 Å². The van der Waals surface area contributed by atoms with Gasteiger partial charge >= 0.3 is 0 Å². The summed E-state index contributed by atoms with van der Waals surface area (Å²) in [5.41, 5.74) is 6.23. The Bertz CT molecular complexity index is 341. The monoisotopic (exact) mass is 257 g/mol. The minimum atomic E-state index is -0.0471. The van der Waals surface area contributed by atoms with Crippen molar-refractivity contribution in [3.8, 4) is 0 Å². The predicted octanol–water partition coefficient (Wildman–Crippen LogP) is 0.0755. The maximum Gasteiger partial charge on any atom is 0.226 e. The zero-order valence-corrected chi connectivity index (χ0v) is 10.6. The third kappa shape index (κ3) is 5.76. The van der Waals surface area contributed by atoms with E-state index in [1.54, 1.807) is 11.3 Å². The third-order valence-corrected chi connectivity index (χ3v) is 3.15. The Hall–Kier alpha value is -0.980. The van der Waals surface area contributed by atoms with Crippen molar-refractivity contribution in [1.82, 2.24) is 10.3 Å². The van der Waals surface area contributed by atoms with E-state index in [4.69, 9.17) is 10.8 Å². The average Bonchev–Trinajstić information content (AvgIpc) is 2.74. The van der Waals surface area contributed by atoms with Crippen molar-refractivity contribution in [2.75, 3.05) is 19.7 Å². The molecule has 0 spiro atoms. The van der Waals surface area contributed by atoms with Crippen LogP contribution in [0.25, 0.3) is 0 Å². The van der Waals surface area contributed by atoms with Gasteiger partial charge in [-0.15, -0.1) is 11.3 Å². The number of rotatable bonds is 8. The van der Waals surface area contributed by atoms with E-state index in [0.717, 1.165) is 23.5 Å². The van der Waals surface area contributed by atoms with Crippen LogP contribution in [0.2, 0.25) is 0 Å². The van der Waals surface area contributed by atoms with Crippen LogP contribution in [0.5, 0.6) is 0 Å². The second-order valence-electron chi connectivity index (χ2n) is 3.73. The van der Waals surface area contributed by atoms with Gasteiger partial charge in [-0.2, -0.15) is 0 Å². The van der Waals surface area contributed by atoms with E-state index >= 15 is 0 Å². The largest absolute Gasteiger partial charge is 0.396 e. The SMILES string of the molecule is NCCCc1nc(CC(=O)NCCCO)cs1. The molecule has 0 saturated heterocycles. The Morgan fingerprint density at radius 2 is 2.35 bits per heavy atom. The molecule has 17 heavy (non-hydrogen) atoms. The standard InChI is InChI=1S/C11H19N3O2S/c12-4-1-3-11-14-9(8-17-11)7-10(16)13-5-2-6-15/h8,15H,1-7,12H2,(H,13,16). The Morgan fingerprint density at radius 3 is 3.06 bits per heavy atom. The van der Waals surface area contributed by atoms with Gasteiger partial charge in [0.25, 0.3) is 0 Å². The molecule has 0 aliphatic rings. The molecule has 96 valence electrons. The highest BCUT2D eigenvalue weighted by Gasteiger charge is 2.06. The van der Waals surface area contributed by atoms with Crippen LogP contribution in [0, 0.1) is 0 Å². The van der Waals surface area contributed by atoms with Crippen LogP contribution in [0.1, 0.15) is 23.5 Å². The molecular formula is C11H19N3O2S. The van der Waals surface area contributed by atoms with E-state index < -0.39 is 0 Å². The molecule has 0 bridgehead atoms. The summed E-state index contributed by atoms with van der Waals surface area (Å²) >= 11 is 1.57. The van der Waals surface area contributed by atoms with E-state index in [-0.39, 0.29) is 12.5 Å². The number of carbonyl (C=O) groups is 1. The van der Waals surface area contributed by atoms with Crippen LogP contribution in [-0.2, 0) is 17.6 Å². The van der Waals surface area contributed by atoms with Crippen molar-refractivity contribution in [3.05, 3.63) is 16.1 Å². The summed E-state index contributed by atoms with van der Waals surface area (Å²) < 4.78 is 0. The van der Waals surface area contributed by atoms with Gasteiger partial charge in [-0.25, -0.2) is 4.98 Å². The number of aliphatic hydroxyl groups is 1. The zero-order valence-electron chi connectivity index (χ0n) is 9.82.